The molecule has 27 heavy (non-hydrogen) atoms. The number of aliphatic carboxylic acids is 1. The molecule has 0 bridgehead atoms. The Morgan fingerprint density at radius 1 is 1.26 bits per heavy atom. The van der Waals surface area contributed by atoms with Gasteiger partial charge in [0.15, 0.2) is 0 Å². The van der Waals surface area contributed by atoms with Gasteiger partial charge >= 0.3 is 5.97 Å². The maximum absolute atomic E-state index is 10.6. The van der Waals surface area contributed by atoms with Crippen LogP contribution < -0.4 is 4.74 Å². The van der Waals surface area contributed by atoms with Gasteiger partial charge in [-0.2, -0.15) is 0 Å². The van der Waals surface area contributed by atoms with Crippen molar-refractivity contribution in [3.8, 4) is 16.9 Å². The van der Waals surface area contributed by atoms with Gasteiger partial charge in [0.1, 0.15) is 18.0 Å². The molecule has 1 N–H and O–H groups in total. The van der Waals surface area contributed by atoms with E-state index in [-0.39, 0.29) is 18.3 Å². The second kappa shape index (κ2) is 6.84. The van der Waals surface area contributed by atoms with E-state index >= 15 is 0 Å². The van der Waals surface area contributed by atoms with Crippen molar-refractivity contribution >= 4 is 17.6 Å². The number of carbonyl (C=O) groups is 1. The highest BCUT2D eigenvalue weighted by molar-refractivity contribution is 6.31. The first-order chi connectivity index (χ1) is 12.8. The van der Waals surface area contributed by atoms with E-state index in [1.165, 1.54) is 5.56 Å². The molecule has 5 heteroatoms. The third kappa shape index (κ3) is 3.83. The fourth-order valence-corrected chi connectivity index (χ4v) is 4.23. The van der Waals surface area contributed by atoms with Gasteiger partial charge in [0.25, 0.3) is 0 Å². The van der Waals surface area contributed by atoms with Gasteiger partial charge in [-0.25, -0.2) is 4.79 Å². The van der Waals surface area contributed by atoms with Crippen molar-refractivity contribution in [2.75, 3.05) is 6.61 Å². The molecule has 0 aromatic heterocycles. The number of hydrogen-bond donors (Lipinski definition) is 1. The monoisotopic (exact) mass is 386 g/mol. The number of carboxylic acids is 1. The van der Waals surface area contributed by atoms with Gasteiger partial charge in [-0.3, -0.25) is 0 Å². The molecular weight excluding hydrogens is 364 g/mol. The minimum atomic E-state index is -0.915. The van der Waals surface area contributed by atoms with Crippen molar-refractivity contribution < 1.29 is 19.4 Å². The number of fused-ring (bicyclic) bond motifs is 1. The summed E-state index contributed by atoms with van der Waals surface area (Å²) in [5, 5.41) is 9.41. The SMILES string of the molecule is CC1(C)Cc2cc(Cl)cc(-c3ccc(C4CC(OCC(=O)O)C4)cc3)c2O1. The van der Waals surface area contributed by atoms with Crippen molar-refractivity contribution in [1.29, 1.82) is 0 Å². The Morgan fingerprint density at radius 2 is 1.96 bits per heavy atom. The quantitative estimate of drug-likeness (QED) is 0.779. The molecule has 142 valence electrons. The maximum atomic E-state index is 10.6. The Kier molecular flexibility index (Phi) is 4.65. The minimum Gasteiger partial charge on any atom is -0.487 e. The van der Waals surface area contributed by atoms with Gasteiger partial charge in [0, 0.05) is 22.6 Å². The first kappa shape index (κ1) is 18.3. The molecule has 4 rings (SSSR count). The molecule has 2 aliphatic rings. The summed E-state index contributed by atoms with van der Waals surface area (Å²) in [7, 11) is 0. The van der Waals surface area contributed by atoms with Gasteiger partial charge < -0.3 is 14.6 Å². The number of hydrogen-bond acceptors (Lipinski definition) is 3. The molecule has 1 heterocycles. The Morgan fingerprint density at radius 3 is 2.63 bits per heavy atom. The molecule has 0 radical (unpaired) electrons. The number of benzene rings is 2. The Bertz CT molecular complexity index is 867. The Balaban J connectivity index is 1.49. The average Bonchev–Trinajstić information content (AvgIpc) is 2.86. The summed E-state index contributed by atoms with van der Waals surface area (Å²) in [6, 6.07) is 12.5. The van der Waals surface area contributed by atoms with Crippen LogP contribution in [0.5, 0.6) is 5.75 Å². The Hall–Kier alpha value is -2.04. The van der Waals surface area contributed by atoms with Crippen molar-refractivity contribution in [3.05, 3.63) is 52.5 Å². The standard InChI is InChI=1S/C22H23ClO4/c1-22(2)11-16-7-17(23)10-19(21(16)27-22)14-5-3-13(4-6-14)15-8-18(9-15)26-12-20(24)25/h3-7,10,15,18H,8-9,11-12H2,1-2H3,(H,24,25). The van der Waals surface area contributed by atoms with E-state index in [0.29, 0.717) is 5.92 Å². The van der Waals surface area contributed by atoms with E-state index in [1.807, 2.05) is 12.1 Å². The highest BCUT2D eigenvalue weighted by Crippen LogP contribution is 2.45. The van der Waals surface area contributed by atoms with Gasteiger partial charge in [-0.1, -0.05) is 35.9 Å². The van der Waals surface area contributed by atoms with E-state index in [4.69, 9.17) is 26.2 Å². The fourth-order valence-electron chi connectivity index (χ4n) is 3.99. The molecule has 0 amide bonds. The van der Waals surface area contributed by atoms with Crippen LogP contribution in [0.1, 0.15) is 43.7 Å². The zero-order chi connectivity index (χ0) is 19.2. The van der Waals surface area contributed by atoms with Crippen LogP contribution in [-0.2, 0) is 16.0 Å². The molecule has 0 unspecified atom stereocenters. The molecule has 1 aliphatic carbocycles. The largest absolute Gasteiger partial charge is 0.487 e. The summed E-state index contributed by atoms with van der Waals surface area (Å²) >= 11 is 6.34. The molecule has 2 aromatic rings. The van der Waals surface area contributed by atoms with E-state index in [1.54, 1.807) is 0 Å². The van der Waals surface area contributed by atoms with Crippen LogP contribution in [0.4, 0.5) is 0 Å². The van der Waals surface area contributed by atoms with Crippen LogP contribution in [0.2, 0.25) is 5.02 Å². The van der Waals surface area contributed by atoms with E-state index in [9.17, 15) is 4.79 Å². The lowest BCUT2D eigenvalue weighted by molar-refractivity contribution is -0.146. The van der Waals surface area contributed by atoms with E-state index in [2.05, 4.69) is 38.1 Å². The van der Waals surface area contributed by atoms with E-state index in [0.717, 1.165) is 46.7 Å². The lowest BCUT2D eigenvalue weighted by Crippen LogP contribution is -2.31. The summed E-state index contributed by atoms with van der Waals surface area (Å²) in [6.07, 6.45) is 2.65. The molecule has 2 aromatic carbocycles. The van der Waals surface area contributed by atoms with Gasteiger partial charge in [-0.05, 0) is 55.9 Å². The first-order valence-corrected chi connectivity index (χ1v) is 9.64. The lowest BCUT2D eigenvalue weighted by atomic mass is 9.77. The van der Waals surface area contributed by atoms with Crippen LogP contribution in [0, 0.1) is 0 Å². The van der Waals surface area contributed by atoms with Gasteiger partial charge in [-0.15, -0.1) is 0 Å². The third-order valence-electron chi connectivity index (χ3n) is 5.36. The predicted molar refractivity (Wildman–Crippen MR) is 105 cm³/mol. The van der Waals surface area contributed by atoms with Gasteiger partial charge in [0.05, 0.1) is 6.10 Å². The molecule has 0 atom stereocenters. The zero-order valence-electron chi connectivity index (χ0n) is 15.5. The third-order valence-corrected chi connectivity index (χ3v) is 5.57. The molecule has 1 aliphatic heterocycles. The van der Waals surface area contributed by atoms with Crippen LogP contribution in [0.15, 0.2) is 36.4 Å². The number of carboxylic acid groups (broad SMARTS) is 1. The molecule has 1 saturated carbocycles. The number of rotatable bonds is 5. The summed E-state index contributed by atoms with van der Waals surface area (Å²) < 4.78 is 11.5. The topological polar surface area (TPSA) is 55.8 Å². The van der Waals surface area contributed by atoms with Crippen molar-refractivity contribution in [2.24, 2.45) is 0 Å². The summed E-state index contributed by atoms with van der Waals surface area (Å²) in [4.78, 5) is 10.6. The maximum Gasteiger partial charge on any atom is 0.329 e. The predicted octanol–water partition coefficient (Wildman–Crippen LogP) is 5.07. The van der Waals surface area contributed by atoms with Crippen LogP contribution in [0.3, 0.4) is 0 Å². The van der Waals surface area contributed by atoms with Crippen molar-refractivity contribution in [1.82, 2.24) is 0 Å². The Labute approximate surface area is 164 Å². The fraction of sp³-hybridized carbons (Fsp3) is 0.409. The van der Waals surface area contributed by atoms with Crippen molar-refractivity contribution in [2.45, 2.75) is 50.7 Å². The summed E-state index contributed by atoms with van der Waals surface area (Å²) in [5.41, 5.74) is 4.33. The minimum absolute atomic E-state index is 0.0533. The van der Waals surface area contributed by atoms with Gasteiger partial charge in [0.2, 0.25) is 0 Å². The van der Waals surface area contributed by atoms with Crippen LogP contribution in [-0.4, -0.2) is 29.4 Å². The van der Waals surface area contributed by atoms with Crippen LogP contribution >= 0.6 is 11.6 Å². The molecule has 4 nitrogen and oxygen atoms in total. The molecular formula is C22H23ClO4. The normalized spacial score (nSPS) is 22.6. The number of ether oxygens (including phenoxy) is 2. The second-order valence-corrected chi connectivity index (χ2v) is 8.53. The lowest BCUT2D eigenvalue weighted by Gasteiger charge is -2.35. The highest BCUT2D eigenvalue weighted by Gasteiger charge is 2.33. The van der Waals surface area contributed by atoms with Crippen LogP contribution in [0.25, 0.3) is 11.1 Å². The first-order valence-electron chi connectivity index (χ1n) is 9.26. The zero-order valence-corrected chi connectivity index (χ0v) is 16.3. The highest BCUT2D eigenvalue weighted by atomic mass is 35.5. The number of halogens is 1. The molecule has 0 saturated heterocycles. The second-order valence-electron chi connectivity index (χ2n) is 8.10. The summed E-state index contributed by atoms with van der Waals surface area (Å²) in [6.45, 7) is 3.97. The van der Waals surface area contributed by atoms with Crippen molar-refractivity contribution in [3.63, 3.8) is 0 Å². The molecule has 0 spiro atoms. The molecule has 1 fully saturated rings. The summed E-state index contributed by atoms with van der Waals surface area (Å²) in [5.74, 6) is 0.447. The average molecular weight is 387 g/mol. The smallest absolute Gasteiger partial charge is 0.329 e. The van der Waals surface area contributed by atoms with E-state index < -0.39 is 5.97 Å².